The zero-order chi connectivity index (χ0) is 14.7. The first-order chi connectivity index (χ1) is 8.64. The van der Waals surface area contributed by atoms with Gasteiger partial charge in [0.05, 0.1) is 5.25 Å². The van der Waals surface area contributed by atoms with Crippen molar-refractivity contribution in [3.63, 3.8) is 0 Å². The van der Waals surface area contributed by atoms with Crippen LogP contribution in [0.5, 0.6) is 0 Å². The highest BCUT2D eigenvalue weighted by atomic mass is 32.3. The molecule has 0 radical (unpaired) electrons. The minimum absolute atomic E-state index is 0.0833. The first kappa shape index (κ1) is 16.1. The Balaban J connectivity index is 2.59. The van der Waals surface area contributed by atoms with Gasteiger partial charge in [-0.15, -0.1) is 0 Å². The summed E-state index contributed by atoms with van der Waals surface area (Å²) in [5, 5.41) is -1.02. The normalized spacial score (nSPS) is 24.7. The zero-order valence-corrected chi connectivity index (χ0v) is 11.5. The molecule has 7 nitrogen and oxygen atoms in total. The van der Waals surface area contributed by atoms with Crippen LogP contribution in [0.4, 0.5) is 3.89 Å². The van der Waals surface area contributed by atoms with Crippen molar-refractivity contribution in [1.29, 1.82) is 0 Å². The summed E-state index contributed by atoms with van der Waals surface area (Å²) >= 11 is 0. The Kier molecular flexibility index (Phi) is 5.04. The Morgan fingerprint density at radius 2 is 1.74 bits per heavy atom. The van der Waals surface area contributed by atoms with Gasteiger partial charge < -0.3 is 4.74 Å². The van der Waals surface area contributed by atoms with Crippen LogP contribution in [0.1, 0.15) is 25.7 Å². The zero-order valence-electron chi connectivity index (χ0n) is 9.91. The Labute approximate surface area is 111 Å². The lowest BCUT2D eigenvalue weighted by Crippen LogP contribution is -2.39. The smallest absolute Gasteiger partial charge is 0.385 e. The van der Waals surface area contributed by atoms with E-state index in [1.165, 1.54) is 0 Å². The van der Waals surface area contributed by atoms with Crippen molar-refractivity contribution in [3.05, 3.63) is 12.7 Å². The summed E-state index contributed by atoms with van der Waals surface area (Å²) in [4.78, 5) is 10.9. The third-order valence-electron chi connectivity index (χ3n) is 2.73. The second-order valence-corrected chi connectivity index (χ2v) is 7.40. The second-order valence-electron chi connectivity index (χ2n) is 4.11. The lowest BCUT2D eigenvalue weighted by Gasteiger charge is -2.27. The predicted molar refractivity (Wildman–Crippen MR) is 64.4 cm³/mol. The summed E-state index contributed by atoms with van der Waals surface area (Å²) in [6.45, 7) is 3.23. The van der Waals surface area contributed by atoms with Crippen molar-refractivity contribution in [2.24, 2.45) is 0 Å². The van der Waals surface area contributed by atoms with Gasteiger partial charge in [0.2, 0.25) is 10.0 Å². The molecule has 1 fully saturated rings. The summed E-state index contributed by atoms with van der Waals surface area (Å²) in [6, 6.07) is 0. The predicted octanol–water partition coefficient (Wildman–Crippen LogP) is 0.160. The molecule has 0 amide bonds. The SMILES string of the molecule is C=CC(=O)OC1CCC(S(=O)(=O)NS(=O)(=O)F)CC1. The topological polar surface area (TPSA) is 107 Å². The van der Waals surface area contributed by atoms with E-state index in [-0.39, 0.29) is 25.7 Å². The minimum Gasteiger partial charge on any atom is -0.459 e. The van der Waals surface area contributed by atoms with E-state index < -0.39 is 37.8 Å². The highest BCUT2D eigenvalue weighted by Gasteiger charge is 2.34. The number of esters is 1. The van der Waals surface area contributed by atoms with Crippen molar-refractivity contribution >= 4 is 26.4 Å². The van der Waals surface area contributed by atoms with Crippen LogP contribution in [0.3, 0.4) is 0 Å². The third kappa shape index (κ3) is 5.25. The fourth-order valence-electron chi connectivity index (χ4n) is 1.88. The molecule has 0 spiro atoms. The lowest BCUT2D eigenvalue weighted by atomic mass is 9.97. The number of hydrogen-bond acceptors (Lipinski definition) is 6. The standard InChI is InChI=1S/C9H14FNO6S2/c1-2-9(12)17-7-3-5-8(6-4-7)18(13,14)11-19(10,15)16/h2,7-8,11H,1,3-6H2. The fourth-order valence-corrected chi connectivity index (χ4v) is 4.43. The maximum atomic E-state index is 12.3. The van der Waals surface area contributed by atoms with E-state index in [0.717, 1.165) is 10.2 Å². The number of hydrogen-bond donors (Lipinski definition) is 1. The highest BCUT2D eigenvalue weighted by molar-refractivity contribution is 8.02. The van der Waals surface area contributed by atoms with Crippen molar-refractivity contribution in [2.45, 2.75) is 37.0 Å². The van der Waals surface area contributed by atoms with Crippen molar-refractivity contribution in [3.8, 4) is 0 Å². The maximum absolute atomic E-state index is 12.3. The molecule has 110 valence electrons. The largest absolute Gasteiger partial charge is 0.459 e. The van der Waals surface area contributed by atoms with Gasteiger partial charge >= 0.3 is 16.4 Å². The Morgan fingerprint density at radius 3 is 2.16 bits per heavy atom. The van der Waals surface area contributed by atoms with Gasteiger partial charge in [0.15, 0.2) is 0 Å². The minimum atomic E-state index is -5.30. The molecule has 0 bridgehead atoms. The number of carbonyl (C=O) groups excluding carboxylic acids is 1. The average molecular weight is 315 g/mol. The molecule has 0 unspecified atom stereocenters. The van der Waals surface area contributed by atoms with E-state index in [9.17, 15) is 25.5 Å². The van der Waals surface area contributed by atoms with Crippen LogP contribution in [0.25, 0.3) is 0 Å². The van der Waals surface area contributed by atoms with Crippen molar-refractivity contribution in [2.75, 3.05) is 0 Å². The van der Waals surface area contributed by atoms with Gasteiger partial charge in [-0.2, -0.15) is 8.42 Å². The van der Waals surface area contributed by atoms with E-state index in [4.69, 9.17) is 4.74 Å². The van der Waals surface area contributed by atoms with Crippen LogP contribution in [0.2, 0.25) is 0 Å². The average Bonchev–Trinajstić information content (AvgIpc) is 2.26. The molecule has 1 N–H and O–H groups in total. The van der Waals surface area contributed by atoms with Crippen LogP contribution in [0, 0.1) is 0 Å². The van der Waals surface area contributed by atoms with Gasteiger partial charge in [-0.1, -0.05) is 14.6 Å². The molecule has 0 aliphatic heterocycles. The fraction of sp³-hybridized carbons (Fsp3) is 0.667. The number of ether oxygens (including phenoxy) is 1. The van der Waals surface area contributed by atoms with Gasteiger partial charge in [0.1, 0.15) is 6.10 Å². The van der Waals surface area contributed by atoms with E-state index >= 15 is 0 Å². The molecule has 0 heterocycles. The molecular weight excluding hydrogens is 301 g/mol. The number of carbonyl (C=O) groups is 1. The molecule has 10 heteroatoms. The summed E-state index contributed by atoms with van der Waals surface area (Å²) in [6.07, 6.45) is 1.26. The van der Waals surface area contributed by atoms with Gasteiger partial charge in [-0.25, -0.2) is 13.2 Å². The van der Waals surface area contributed by atoms with E-state index in [2.05, 4.69) is 6.58 Å². The van der Waals surface area contributed by atoms with Gasteiger partial charge in [0, 0.05) is 6.08 Å². The quantitative estimate of drug-likeness (QED) is 0.440. The van der Waals surface area contributed by atoms with E-state index in [1.807, 2.05) is 0 Å². The molecular formula is C9H14FNO6S2. The monoisotopic (exact) mass is 315 g/mol. The molecule has 0 aromatic carbocycles. The molecule has 0 saturated heterocycles. The van der Waals surface area contributed by atoms with Crippen molar-refractivity contribution in [1.82, 2.24) is 4.13 Å². The number of nitrogens with one attached hydrogen (secondary N) is 1. The molecule has 1 aliphatic rings. The molecule has 1 aliphatic carbocycles. The highest BCUT2D eigenvalue weighted by Crippen LogP contribution is 2.26. The lowest BCUT2D eigenvalue weighted by molar-refractivity contribution is -0.144. The summed E-state index contributed by atoms with van der Waals surface area (Å²) in [7, 11) is -9.58. The molecule has 0 atom stereocenters. The third-order valence-corrected chi connectivity index (χ3v) is 5.80. The molecule has 1 saturated carbocycles. The van der Waals surface area contributed by atoms with Crippen LogP contribution in [-0.2, 0) is 30.0 Å². The molecule has 1 rings (SSSR count). The van der Waals surface area contributed by atoms with E-state index in [1.54, 1.807) is 0 Å². The number of halogens is 1. The van der Waals surface area contributed by atoms with Crippen LogP contribution < -0.4 is 4.13 Å². The maximum Gasteiger partial charge on any atom is 0.385 e. The first-order valence-corrected chi connectivity index (χ1v) is 8.37. The van der Waals surface area contributed by atoms with Crippen LogP contribution in [-0.4, -0.2) is 34.2 Å². The van der Waals surface area contributed by atoms with Gasteiger partial charge in [0.25, 0.3) is 0 Å². The Bertz CT molecular complexity index is 547. The first-order valence-electron chi connectivity index (χ1n) is 5.44. The van der Waals surface area contributed by atoms with E-state index in [0.29, 0.717) is 0 Å². The molecule has 0 aromatic heterocycles. The Morgan fingerprint density at radius 1 is 1.21 bits per heavy atom. The van der Waals surface area contributed by atoms with Gasteiger partial charge in [-0.05, 0) is 25.7 Å². The molecule has 0 aromatic rings. The molecule has 19 heavy (non-hydrogen) atoms. The summed E-state index contributed by atoms with van der Waals surface area (Å²) in [5.41, 5.74) is 0. The van der Waals surface area contributed by atoms with Gasteiger partial charge in [-0.3, -0.25) is 0 Å². The summed E-state index contributed by atoms with van der Waals surface area (Å²) < 4.78 is 61.9. The van der Waals surface area contributed by atoms with Crippen molar-refractivity contribution < 1.29 is 30.3 Å². The van der Waals surface area contributed by atoms with Crippen LogP contribution >= 0.6 is 0 Å². The van der Waals surface area contributed by atoms with Crippen LogP contribution in [0.15, 0.2) is 12.7 Å². The second kappa shape index (κ2) is 5.97. The summed E-state index contributed by atoms with van der Waals surface area (Å²) in [5.74, 6) is -0.601. The number of rotatable bonds is 5. The Hall–Kier alpha value is -1.00. The number of sulfonamides is 1.